The number of nitrogens with zero attached hydrogens (tertiary/aromatic N) is 3. The third-order valence-electron chi connectivity index (χ3n) is 6.72. The number of anilines is 2. The largest absolute Gasteiger partial charge is 0.497 e. The monoisotopic (exact) mass is 463 g/mol. The molecule has 0 aliphatic heterocycles. The van der Waals surface area contributed by atoms with Crippen molar-refractivity contribution in [1.29, 1.82) is 0 Å². The zero-order chi connectivity index (χ0) is 23.9. The van der Waals surface area contributed by atoms with E-state index in [0.717, 1.165) is 71.6 Å². The van der Waals surface area contributed by atoms with Gasteiger partial charge in [-0.25, -0.2) is 4.98 Å². The van der Waals surface area contributed by atoms with Crippen LogP contribution in [-0.4, -0.2) is 50.9 Å². The summed E-state index contributed by atoms with van der Waals surface area (Å²) >= 11 is 0. The second-order valence-corrected chi connectivity index (χ2v) is 9.29. The highest BCUT2D eigenvalue weighted by atomic mass is 16.5. The van der Waals surface area contributed by atoms with Crippen LogP contribution in [0.2, 0.25) is 0 Å². The summed E-state index contributed by atoms with van der Waals surface area (Å²) in [5.74, 6) is 4.21. The van der Waals surface area contributed by atoms with Gasteiger partial charge in [0.25, 0.3) is 0 Å². The number of methoxy groups -OCH3 is 2. The van der Waals surface area contributed by atoms with Gasteiger partial charge in [-0.2, -0.15) is 4.98 Å². The van der Waals surface area contributed by atoms with Gasteiger partial charge in [-0.1, -0.05) is 12.1 Å². The van der Waals surface area contributed by atoms with E-state index in [1.807, 2.05) is 44.4 Å². The number of fused-ring (bicyclic) bond motifs is 1. The third kappa shape index (κ3) is 5.89. The van der Waals surface area contributed by atoms with Crippen molar-refractivity contribution in [2.24, 2.45) is 5.92 Å². The Morgan fingerprint density at radius 2 is 1.76 bits per heavy atom. The molecule has 4 rings (SSSR count). The topological polar surface area (TPSA) is 71.5 Å². The predicted octanol–water partition coefficient (Wildman–Crippen LogP) is 4.86. The first-order chi connectivity index (χ1) is 16.6. The van der Waals surface area contributed by atoms with E-state index in [1.54, 1.807) is 14.2 Å². The summed E-state index contributed by atoms with van der Waals surface area (Å²) in [7, 11) is 7.46. The third-order valence-corrected chi connectivity index (χ3v) is 6.72. The highest BCUT2D eigenvalue weighted by Crippen LogP contribution is 2.30. The summed E-state index contributed by atoms with van der Waals surface area (Å²) in [5, 5.41) is 8.28. The number of hydrogen-bond acceptors (Lipinski definition) is 7. The quantitative estimate of drug-likeness (QED) is 0.416. The fourth-order valence-electron chi connectivity index (χ4n) is 4.79. The molecule has 0 spiro atoms. The second kappa shape index (κ2) is 11.4. The Morgan fingerprint density at radius 1 is 0.971 bits per heavy atom. The van der Waals surface area contributed by atoms with Crippen molar-refractivity contribution in [1.82, 2.24) is 15.3 Å². The van der Waals surface area contributed by atoms with Gasteiger partial charge < -0.3 is 25.0 Å². The molecule has 34 heavy (non-hydrogen) atoms. The molecule has 1 heterocycles. The second-order valence-electron chi connectivity index (χ2n) is 9.29. The van der Waals surface area contributed by atoms with Crippen LogP contribution in [0.5, 0.6) is 11.5 Å². The first-order valence-corrected chi connectivity index (χ1v) is 12.2. The molecule has 1 saturated carbocycles. The lowest BCUT2D eigenvalue weighted by Crippen LogP contribution is -2.28. The Kier molecular flexibility index (Phi) is 8.06. The first-order valence-electron chi connectivity index (χ1n) is 12.2. The van der Waals surface area contributed by atoms with Crippen molar-refractivity contribution >= 4 is 22.7 Å². The Labute approximate surface area is 202 Å². The zero-order valence-electron chi connectivity index (χ0n) is 20.8. The number of nitrogens with one attached hydrogen (secondary N) is 2. The minimum absolute atomic E-state index is 0.432. The number of benzene rings is 2. The molecular formula is C27H37N5O2. The van der Waals surface area contributed by atoms with Crippen molar-refractivity contribution in [2.45, 2.75) is 44.7 Å². The summed E-state index contributed by atoms with van der Waals surface area (Å²) in [6.45, 7) is 1.79. The molecule has 0 amide bonds. The maximum atomic E-state index is 5.48. The molecule has 1 fully saturated rings. The van der Waals surface area contributed by atoms with Crippen LogP contribution in [-0.2, 0) is 6.54 Å². The van der Waals surface area contributed by atoms with Crippen LogP contribution in [0.3, 0.4) is 0 Å². The maximum Gasteiger partial charge on any atom is 0.225 e. The van der Waals surface area contributed by atoms with Crippen molar-refractivity contribution < 1.29 is 9.47 Å². The van der Waals surface area contributed by atoms with Crippen molar-refractivity contribution in [3.05, 3.63) is 48.0 Å². The molecule has 0 bridgehead atoms. The summed E-state index contributed by atoms with van der Waals surface area (Å²) < 4.78 is 10.8. The number of para-hydroxylation sites is 1. The fourth-order valence-corrected chi connectivity index (χ4v) is 4.79. The highest BCUT2D eigenvalue weighted by Gasteiger charge is 2.22. The van der Waals surface area contributed by atoms with Gasteiger partial charge in [0.1, 0.15) is 17.3 Å². The van der Waals surface area contributed by atoms with E-state index in [4.69, 9.17) is 19.4 Å². The van der Waals surface area contributed by atoms with Gasteiger partial charge in [0.05, 0.1) is 19.7 Å². The maximum absolute atomic E-state index is 5.48. The van der Waals surface area contributed by atoms with Crippen LogP contribution in [0.15, 0.2) is 42.5 Å². The van der Waals surface area contributed by atoms with Gasteiger partial charge in [-0.05, 0) is 74.9 Å². The predicted molar refractivity (Wildman–Crippen MR) is 139 cm³/mol. The summed E-state index contributed by atoms with van der Waals surface area (Å²) in [6, 6.07) is 14.6. The number of aromatic nitrogens is 2. The zero-order valence-corrected chi connectivity index (χ0v) is 20.8. The summed E-state index contributed by atoms with van der Waals surface area (Å²) in [4.78, 5) is 11.6. The van der Waals surface area contributed by atoms with Gasteiger partial charge in [0, 0.05) is 37.6 Å². The molecule has 0 unspecified atom stereocenters. The number of ether oxygens (including phenoxy) is 2. The minimum atomic E-state index is 0.432. The SMILES string of the molecule is COc1ccc(OC)c(CNCC[C@H]2CC[C@@H](Nc3nc(N(C)C)c4ccccc4n3)CC2)c1. The lowest BCUT2D eigenvalue weighted by molar-refractivity contribution is 0.316. The van der Waals surface area contributed by atoms with E-state index in [-0.39, 0.29) is 0 Å². The normalized spacial score (nSPS) is 18.0. The molecule has 7 heteroatoms. The minimum Gasteiger partial charge on any atom is -0.497 e. The molecule has 7 nitrogen and oxygen atoms in total. The van der Waals surface area contributed by atoms with Gasteiger partial charge in [-0.15, -0.1) is 0 Å². The molecule has 0 atom stereocenters. The molecule has 0 saturated heterocycles. The average Bonchev–Trinajstić information content (AvgIpc) is 2.86. The first kappa shape index (κ1) is 24.1. The molecule has 3 aromatic rings. The molecule has 1 aliphatic carbocycles. The lowest BCUT2D eigenvalue weighted by Gasteiger charge is -2.29. The molecule has 1 aromatic heterocycles. The van der Waals surface area contributed by atoms with Gasteiger partial charge in [0.2, 0.25) is 5.95 Å². The van der Waals surface area contributed by atoms with Gasteiger partial charge >= 0.3 is 0 Å². The highest BCUT2D eigenvalue weighted by molar-refractivity contribution is 5.90. The lowest BCUT2D eigenvalue weighted by atomic mass is 9.84. The van der Waals surface area contributed by atoms with E-state index in [0.29, 0.717) is 6.04 Å². The number of rotatable bonds is 10. The van der Waals surface area contributed by atoms with E-state index in [1.165, 1.54) is 19.3 Å². The summed E-state index contributed by atoms with van der Waals surface area (Å²) in [6.07, 6.45) is 5.96. The van der Waals surface area contributed by atoms with Crippen LogP contribution < -0.4 is 25.0 Å². The number of hydrogen-bond donors (Lipinski definition) is 2. The molecule has 182 valence electrons. The van der Waals surface area contributed by atoms with E-state index in [9.17, 15) is 0 Å². The summed E-state index contributed by atoms with van der Waals surface area (Å²) in [5.41, 5.74) is 2.11. The fraction of sp³-hybridized carbons (Fsp3) is 0.481. The average molecular weight is 464 g/mol. The Hall–Kier alpha value is -3.06. The van der Waals surface area contributed by atoms with Crippen molar-refractivity contribution in [3.8, 4) is 11.5 Å². The smallest absolute Gasteiger partial charge is 0.225 e. The van der Waals surface area contributed by atoms with Crippen LogP contribution in [0.25, 0.3) is 10.9 Å². The molecule has 1 aliphatic rings. The van der Waals surface area contributed by atoms with Crippen molar-refractivity contribution in [3.63, 3.8) is 0 Å². The van der Waals surface area contributed by atoms with E-state index in [2.05, 4.69) is 27.7 Å². The Balaban J connectivity index is 1.24. The van der Waals surface area contributed by atoms with Crippen molar-refractivity contribution in [2.75, 3.05) is 45.1 Å². The van der Waals surface area contributed by atoms with Crippen LogP contribution in [0.1, 0.15) is 37.7 Å². The van der Waals surface area contributed by atoms with Gasteiger partial charge in [0.15, 0.2) is 0 Å². The molecule has 0 radical (unpaired) electrons. The van der Waals surface area contributed by atoms with Gasteiger partial charge in [-0.3, -0.25) is 0 Å². The molecular weight excluding hydrogens is 426 g/mol. The van der Waals surface area contributed by atoms with E-state index >= 15 is 0 Å². The Bertz CT molecular complexity index is 1080. The molecule has 2 aromatic carbocycles. The van der Waals surface area contributed by atoms with Crippen LogP contribution in [0.4, 0.5) is 11.8 Å². The standard InChI is InChI=1S/C27H37N5O2/c1-32(2)26-23-7-5-6-8-24(23)30-27(31-26)29-21-11-9-19(10-12-21)15-16-28-18-20-17-22(33-3)13-14-25(20)34-4/h5-8,13-14,17,19,21,28H,9-12,15-16,18H2,1-4H3,(H,29,30,31)/t19-,21+. The Morgan fingerprint density at radius 3 is 2.50 bits per heavy atom. The molecule has 2 N–H and O–H groups in total. The van der Waals surface area contributed by atoms with E-state index < -0.39 is 0 Å². The van der Waals surface area contributed by atoms with Crippen LogP contribution >= 0.6 is 0 Å². The van der Waals surface area contributed by atoms with Crippen LogP contribution in [0, 0.1) is 5.92 Å².